The Morgan fingerprint density at radius 2 is 1.89 bits per heavy atom. The molecule has 1 amide bonds. The van der Waals surface area contributed by atoms with Crippen LogP contribution in [0.15, 0.2) is 60.7 Å². The third-order valence-electron chi connectivity index (χ3n) is 5.96. The molecule has 1 unspecified atom stereocenters. The number of hydrogen-bond donors (Lipinski definition) is 1. The summed E-state index contributed by atoms with van der Waals surface area (Å²) in [7, 11) is 0. The molecule has 0 bridgehead atoms. The summed E-state index contributed by atoms with van der Waals surface area (Å²) in [6, 6.07) is 17.1. The zero-order valence-corrected chi connectivity index (χ0v) is 20.6. The van der Waals surface area contributed by atoms with Crippen LogP contribution in [0.3, 0.4) is 0 Å². The molecule has 0 spiro atoms. The maximum Gasteiger partial charge on any atom is 0.323 e. The van der Waals surface area contributed by atoms with Crippen LogP contribution in [0.5, 0.6) is 5.75 Å². The van der Waals surface area contributed by atoms with Crippen molar-refractivity contribution in [3.63, 3.8) is 0 Å². The lowest BCUT2D eigenvalue weighted by molar-refractivity contribution is -0.137. The number of fused-ring (bicyclic) bond motifs is 1. The van der Waals surface area contributed by atoms with E-state index in [1.54, 1.807) is 36.4 Å². The van der Waals surface area contributed by atoms with Crippen molar-refractivity contribution in [2.75, 3.05) is 13.1 Å². The SMILES string of the molecule is CC1(Cc2ccc(Cl)c(F)c2)Cc2cc(C(=O)N(CCc3cccc(Cl)c3)CC(=O)O)ccc2O1. The Balaban J connectivity index is 1.49. The molecule has 1 atom stereocenters. The van der Waals surface area contributed by atoms with Gasteiger partial charge in [-0.3, -0.25) is 9.59 Å². The molecule has 0 saturated carbocycles. The summed E-state index contributed by atoms with van der Waals surface area (Å²) < 4.78 is 20.0. The highest BCUT2D eigenvalue weighted by atomic mass is 35.5. The van der Waals surface area contributed by atoms with Gasteiger partial charge < -0.3 is 14.7 Å². The van der Waals surface area contributed by atoms with Gasteiger partial charge in [0.1, 0.15) is 23.7 Å². The number of benzene rings is 3. The molecule has 0 aromatic heterocycles. The average molecular weight is 516 g/mol. The molecule has 0 saturated heterocycles. The Morgan fingerprint density at radius 3 is 2.60 bits per heavy atom. The highest BCUT2D eigenvalue weighted by Crippen LogP contribution is 2.38. The summed E-state index contributed by atoms with van der Waals surface area (Å²) in [6.07, 6.45) is 1.46. The monoisotopic (exact) mass is 515 g/mol. The van der Waals surface area contributed by atoms with E-state index in [4.69, 9.17) is 27.9 Å². The summed E-state index contributed by atoms with van der Waals surface area (Å²) in [4.78, 5) is 26.0. The number of carbonyl (C=O) groups is 2. The van der Waals surface area contributed by atoms with Gasteiger partial charge in [0.05, 0.1) is 5.02 Å². The van der Waals surface area contributed by atoms with Gasteiger partial charge in [-0.15, -0.1) is 0 Å². The van der Waals surface area contributed by atoms with Crippen LogP contribution in [0, 0.1) is 5.82 Å². The number of aliphatic carboxylic acids is 1. The van der Waals surface area contributed by atoms with E-state index in [9.17, 15) is 19.1 Å². The third kappa shape index (κ3) is 6.13. The molecule has 8 heteroatoms. The largest absolute Gasteiger partial charge is 0.487 e. The minimum Gasteiger partial charge on any atom is -0.487 e. The molecule has 0 fully saturated rings. The second-order valence-corrected chi connectivity index (χ2v) is 9.82. The lowest BCUT2D eigenvalue weighted by atomic mass is 9.91. The van der Waals surface area contributed by atoms with Crippen molar-refractivity contribution in [2.24, 2.45) is 0 Å². The molecular weight excluding hydrogens is 492 g/mol. The molecule has 0 radical (unpaired) electrons. The third-order valence-corrected chi connectivity index (χ3v) is 6.50. The zero-order chi connectivity index (χ0) is 25.2. The second-order valence-electron chi connectivity index (χ2n) is 8.98. The number of carboxylic acids is 1. The maximum absolute atomic E-state index is 13.9. The predicted molar refractivity (Wildman–Crippen MR) is 133 cm³/mol. The van der Waals surface area contributed by atoms with Crippen LogP contribution in [0.25, 0.3) is 0 Å². The van der Waals surface area contributed by atoms with Crippen molar-refractivity contribution in [2.45, 2.75) is 31.8 Å². The number of carbonyl (C=O) groups excluding carboxylic acids is 1. The Kier molecular flexibility index (Phi) is 7.33. The predicted octanol–water partition coefficient (Wildman–Crippen LogP) is 5.84. The van der Waals surface area contributed by atoms with Crippen LogP contribution in [0.2, 0.25) is 10.0 Å². The number of carboxylic acid groups (broad SMARTS) is 1. The molecule has 3 aromatic carbocycles. The van der Waals surface area contributed by atoms with E-state index in [0.29, 0.717) is 35.6 Å². The van der Waals surface area contributed by atoms with Gasteiger partial charge in [-0.05, 0) is 72.5 Å². The number of amides is 1. The average Bonchev–Trinajstić information content (AvgIpc) is 3.13. The number of rotatable bonds is 8. The summed E-state index contributed by atoms with van der Waals surface area (Å²) >= 11 is 11.8. The van der Waals surface area contributed by atoms with Gasteiger partial charge in [-0.2, -0.15) is 0 Å². The molecule has 35 heavy (non-hydrogen) atoms. The van der Waals surface area contributed by atoms with Gasteiger partial charge in [-0.25, -0.2) is 4.39 Å². The molecular formula is C27H24Cl2FNO4. The fraction of sp³-hybridized carbons (Fsp3) is 0.259. The van der Waals surface area contributed by atoms with E-state index in [1.165, 1.54) is 17.0 Å². The van der Waals surface area contributed by atoms with Crippen molar-refractivity contribution in [1.29, 1.82) is 0 Å². The smallest absolute Gasteiger partial charge is 0.323 e. The zero-order valence-electron chi connectivity index (χ0n) is 19.1. The molecule has 1 aliphatic rings. The summed E-state index contributed by atoms with van der Waals surface area (Å²) in [5.74, 6) is -1.28. The lowest BCUT2D eigenvalue weighted by Gasteiger charge is -2.24. The fourth-order valence-corrected chi connectivity index (χ4v) is 4.72. The minimum absolute atomic E-state index is 0.0685. The molecule has 4 rings (SSSR count). The van der Waals surface area contributed by atoms with E-state index in [-0.39, 0.29) is 17.5 Å². The Morgan fingerprint density at radius 1 is 1.09 bits per heavy atom. The van der Waals surface area contributed by atoms with Crippen LogP contribution < -0.4 is 4.74 Å². The van der Waals surface area contributed by atoms with E-state index in [1.807, 2.05) is 19.1 Å². The second kappa shape index (κ2) is 10.3. The number of ether oxygens (including phenoxy) is 1. The number of halogens is 3. The highest BCUT2D eigenvalue weighted by Gasteiger charge is 2.36. The first-order valence-electron chi connectivity index (χ1n) is 11.1. The van der Waals surface area contributed by atoms with Crippen LogP contribution in [0.4, 0.5) is 4.39 Å². The van der Waals surface area contributed by atoms with Gasteiger partial charge in [0.15, 0.2) is 0 Å². The first-order chi connectivity index (χ1) is 16.6. The van der Waals surface area contributed by atoms with E-state index in [0.717, 1.165) is 16.7 Å². The maximum atomic E-state index is 13.9. The minimum atomic E-state index is -1.09. The van der Waals surface area contributed by atoms with E-state index in [2.05, 4.69) is 0 Å². The number of nitrogens with zero attached hydrogens (tertiary/aromatic N) is 1. The Hall–Kier alpha value is -3.09. The molecule has 182 valence electrons. The molecule has 1 aliphatic heterocycles. The topological polar surface area (TPSA) is 66.8 Å². The van der Waals surface area contributed by atoms with Crippen molar-refractivity contribution in [3.8, 4) is 5.75 Å². The summed E-state index contributed by atoms with van der Waals surface area (Å²) in [5.41, 5.74) is 2.29. The molecule has 0 aliphatic carbocycles. The van der Waals surface area contributed by atoms with Gasteiger partial charge in [0, 0.05) is 30.0 Å². The van der Waals surface area contributed by atoms with Crippen LogP contribution >= 0.6 is 23.2 Å². The molecule has 1 N–H and O–H groups in total. The summed E-state index contributed by atoms with van der Waals surface area (Å²) in [5, 5.41) is 10.0. The van der Waals surface area contributed by atoms with Gasteiger partial charge >= 0.3 is 5.97 Å². The standard InChI is InChI=1S/C27H24Cl2FNO4/c1-27(14-18-5-7-22(29)23(30)12-18)15-20-13-19(6-8-24(20)35-27)26(34)31(16-25(32)33)10-9-17-3-2-4-21(28)11-17/h2-8,11-13H,9-10,14-16H2,1H3,(H,32,33). The lowest BCUT2D eigenvalue weighted by Crippen LogP contribution is -2.37. The van der Waals surface area contributed by atoms with Crippen LogP contribution in [-0.4, -0.2) is 40.6 Å². The fourth-order valence-electron chi connectivity index (χ4n) is 4.39. The quantitative estimate of drug-likeness (QED) is 0.409. The Labute approximate surface area is 213 Å². The van der Waals surface area contributed by atoms with Crippen LogP contribution in [0.1, 0.15) is 34.0 Å². The van der Waals surface area contributed by atoms with Gasteiger partial charge in [0.2, 0.25) is 0 Å². The Bertz CT molecular complexity index is 1280. The molecule has 3 aromatic rings. The molecule has 1 heterocycles. The van der Waals surface area contributed by atoms with Crippen molar-refractivity contribution < 1.29 is 23.8 Å². The van der Waals surface area contributed by atoms with Gasteiger partial charge in [-0.1, -0.05) is 41.4 Å². The first kappa shape index (κ1) is 25.0. The van der Waals surface area contributed by atoms with Gasteiger partial charge in [0.25, 0.3) is 5.91 Å². The van der Waals surface area contributed by atoms with E-state index >= 15 is 0 Å². The highest BCUT2D eigenvalue weighted by molar-refractivity contribution is 6.31. The van der Waals surface area contributed by atoms with Crippen molar-refractivity contribution in [1.82, 2.24) is 4.90 Å². The van der Waals surface area contributed by atoms with E-state index < -0.39 is 23.9 Å². The normalized spacial score (nSPS) is 16.5. The molecule has 5 nitrogen and oxygen atoms in total. The summed E-state index contributed by atoms with van der Waals surface area (Å²) in [6.45, 7) is 1.76. The first-order valence-corrected chi connectivity index (χ1v) is 11.9. The van der Waals surface area contributed by atoms with Crippen molar-refractivity contribution >= 4 is 35.1 Å². The van der Waals surface area contributed by atoms with Crippen molar-refractivity contribution in [3.05, 3.63) is 98.8 Å². The number of hydrogen-bond acceptors (Lipinski definition) is 3. The van der Waals surface area contributed by atoms with Crippen LogP contribution in [-0.2, 0) is 24.1 Å².